The summed E-state index contributed by atoms with van der Waals surface area (Å²) < 4.78 is 0. The molecule has 2 heterocycles. The highest BCUT2D eigenvalue weighted by molar-refractivity contribution is 8.00. The first kappa shape index (κ1) is 25.3. The van der Waals surface area contributed by atoms with Crippen molar-refractivity contribution in [2.24, 2.45) is 0 Å². The third kappa shape index (κ3) is 6.11. The van der Waals surface area contributed by atoms with Gasteiger partial charge in [0.2, 0.25) is 0 Å². The standard InChI is InChI=1S/C30H23N3O3S2/c34-27(28-14-7-15-37-28)19-38-23-11-6-10-22(17-23)32-30(36)26(33-29(35)20-8-2-1-3-9-20)16-21-18-31-25-13-5-4-12-24(21)25/h1-18,31H,19H2,(H,32,36)(H,33,35)/b26-16-. The molecule has 6 nitrogen and oxygen atoms in total. The molecule has 0 aliphatic rings. The van der Waals surface area contributed by atoms with Crippen molar-refractivity contribution in [3.63, 3.8) is 0 Å². The van der Waals surface area contributed by atoms with E-state index in [1.807, 2.05) is 66.0 Å². The number of carbonyl (C=O) groups is 3. The van der Waals surface area contributed by atoms with Crippen molar-refractivity contribution in [2.45, 2.75) is 4.90 Å². The number of para-hydroxylation sites is 1. The lowest BCUT2D eigenvalue weighted by molar-refractivity contribution is -0.113. The highest BCUT2D eigenvalue weighted by Gasteiger charge is 2.16. The zero-order chi connectivity index (χ0) is 26.3. The minimum Gasteiger partial charge on any atom is -0.361 e. The molecule has 3 aromatic carbocycles. The zero-order valence-corrected chi connectivity index (χ0v) is 21.8. The average molecular weight is 538 g/mol. The van der Waals surface area contributed by atoms with Crippen molar-refractivity contribution < 1.29 is 14.4 Å². The molecule has 2 aromatic heterocycles. The smallest absolute Gasteiger partial charge is 0.272 e. The summed E-state index contributed by atoms with van der Waals surface area (Å²) in [5.74, 6) is -0.483. The van der Waals surface area contributed by atoms with Gasteiger partial charge in [0.25, 0.3) is 11.8 Å². The minimum atomic E-state index is -0.462. The van der Waals surface area contributed by atoms with E-state index in [-0.39, 0.29) is 17.4 Å². The maximum atomic E-state index is 13.4. The highest BCUT2D eigenvalue weighted by atomic mass is 32.2. The molecular formula is C30H23N3O3S2. The number of Topliss-reactive ketones (excluding diaryl/α,β-unsaturated/α-hetero) is 1. The van der Waals surface area contributed by atoms with E-state index in [0.29, 0.717) is 17.0 Å². The van der Waals surface area contributed by atoms with Gasteiger partial charge in [-0.15, -0.1) is 23.1 Å². The third-order valence-corrected chi connectivity index (χ3v) is 7.61. The van der Waals surface area contributed by atoms with E-state index in [1.54, 1.807) is 42.6 Å². The van der Waals surface area contributed by atoms with E-state index in [1.165, 1.54) is 23.1 Å². The van der Waals surface area contributed by atoms with Crippen LogP contribution in [0.15, 0.2) is 113 Å². The Morgan fingerprint density at radius 2 is 1.71 bits per heavy atom. The van der Waals surface area contributed by atoms with Gasteiger partial charge in [0.05, 0.1) is 10.6 Å². The number of fused-ring (bicyclic) bond motifs is 1. The molecular weight excluding hydrogens is 514 g/mol. The number of H-pyrrole nitrogens is 1. The summed E-state index contributed by atoms with van der Waals surface area (Å²) in [6, 6.07) is 27.4. The van der Waals surface area contributed by atoms with E-state index >= 15 is 0 Å². The molecule has 0 aliphatic heterocycles. The predicted molar refractivity (Wildman–Crippen MR) is 155 cm³/mol. The van der Waals surface area contributed by atoms with Crippen LogP contribution >= 0.6 is 23.1 Å². The fourth-order valence-corrected chi connectivity index (χ4v) is 5.42. The second-order valence-corrected chi connectivity index (χ2v) is 10.3. The second kappa shape index (κ2) is 11.8. The van der Waals surface area contributed by atoms with Crippen LogP contribution in [-0.2, 0) is 4.79 Å². The Morgan fingerprint density at radius 3 is 2.53 bits per heavy atom. The lowest BCUT2D eigenvalue weighted by Crippen LogP contribution is -2.30. The Balaban J connectivity index is 1.36. The first-order valence-corrected chi connectivity index (χ1v) is 13.7. The van der Waals surface area contributed by atoms with Crippen LogP contribution in [0.25, 0.3) is 17.0 Å². The maximum Gasteiger partial charge on any atom is 0.272 e. The fourth-order valence-electron chi connectivity index (χ4n) is 3.83. The molecule has 0 saturated carbocycles. The topological polar surface area (TPSA) is 91.1 Å². The summed E-state index contributed by atoms with van der Waals surface area (Å²) in [5.41, 5.74) is 2.81. The lowest BCUT2D eigenvalue weighted by atomic mass is 10.1. The Bertz CT molecular complexity index is 1620. The number of benzene rings is 3. The predicted octanol–water partition coefficient (Wildman–Crippen LogP) is 6.61. The SMILES string of the molecule is O=C(Nc1cccc(SCC(=O)c2cccs2)c1)/C(=C/c1c[nH]c2ccccc12)NC(=O)c1ccccc1. The van der Waals surface area contributed by atoms with Crippen molar-refractivity contribution in [1.29, 1.82) is 0 Å². The normalized spacial score (nSPS) is 11.3. The minimum absolute atomic E-state index is 0.0620. The first-order chi connectivity index (χ1) is 18.6. The Labute approximate surface area is 227 Å². The number of nitrogens with one attached hydrogen (secondary N) is 3. The largest absolute Gasteiger partial charge is 0.361 e. The van der Waals surface area contributed by atoms with Crippen LogP contribution in [0.4, 0.5) is 5.69 Å². The molecule has 0 aliphatic carbocycles. The van der Waals surface area contributed by atoms with Crippen molar-refractivity contribution in [2.75, 3.05) is 11.1 Å². The van der Waals surface area contributed by atoms with Gasteiger partial charge in [-0.1, -0.05) is 48.5 Å². The number of hydrogen-bond donors (Lipinski definition) is 3. The average Bonchev–Trinajstić information content (AvgIpc) is 3.63. The van der Waals surface area contributed by atoms with Crippen LogP contribution in [0.2, 0.25) is 0 Å². The van der Waals surface area contributed by atoms with Gasteiger partial charge in [-0.05, 0) is 53.9 Å². The van der Waals surface area contributed by atoms with E-state index in [4.69, 9.17) is 0 Å². The first-order valence-electron chi connectivity index (χ1n) is 11.8. The van der Waals surface area contributed by atoms with Gasteiger partial charge in [-0.25, -0.2) is 0 Å². The van der Waals surface area contributed by atoms with Crippen molar-refractivity contribution in [1.82, 2.24) is 10.3 Å². The molecule has 3 N–H and O–H groups in total. The van der Waals surface area contributed by atoms with Crippen LogP contribution in [0, 0.1) is 0 Å². The summed E-state index contributed by atoms with van der Waals surface area (Å²) >= 11 is 2.83. The summed E-state index contributed by atoms with van der Waals surface area (Å²) in [7, 11) is 0. The quantitative estimate of drug-likeness (QED) is 0.112. The van der Waals surface area contributed by atoms with Gasteiger partial charge >= 0.3 is 0 Å². The number of thiophene rings is 1. The number of hydrogen-bond acceptors (Lipinski definition) is 5. The van der Waals surface area contributed by atoms with Gasteiger partial charge in [0.15, 0.2) is 5.78 Å². The molecule has 0 saturated heterocycles. The Kier molecular flexibility index (Phi) is 7.82. The molecule has 5 rings (SSSR count). The molecule has 0 atom stereocenters. The van der Waals surface area contributed by atoms with Gasteiger partial charge in [-0.3, -0.25) is 14.4 Å². The number of anilines is 1. The van der Waals surface area contributed by atoms with Gasteiger partial charge < -0.3 is 15.6 Å². The van der Waals surface area contributed by atoms with Crippen LogP contribution < -0.4 is 10.6 Å². The second-order valence-electron chi connectivity index (χ2n) is 8.34. The van der Waals surface area contributed by atoms with E-state index in [2.05, 4.69) is 15.6 Å². The van der Waals surface area contributed by atoms with Crippen molar-refractivity contribution >= 4 is 63.4 Å². The maximum absolute atomic E-state index is 13.4. The van der Waals surface area contributed by atoms with E-state index < -0.39 is 5.91 Å². The number of rotatable bonds is 9. The molecule has 0 fully saturated rings. The van der Waals surface area contributed by atoms with Crippen LogP contribution in [-0.4, -0.2) is 28.3 Å². The molecule has 0 bridgehead atoms. The lowest BCUT2D eigenvalue weighted by Gasteiger charge is -2.12. The highest BCUT2D eigenvalue weighted by Crippen LogP contribution is 2.25. The number of ketones is 1. The van der Waals surface area contributed by atoms with Crippen molar-refractivity contribution in [3.05, 3.63) is 124 Å². The molecule has 0 unspecified atom stereocenters. The number of aromatic nitrogens is 1. The summed E-state index contributed by atoms with van der Waals surface area (Å²) in [6.45, 7) is 0. The molecule has 188 valence electrons. The van der Waals surface area contributed by atoms with E-state index in [0.717, 1.165) is 26.2 Å². The number of carbonyl (C=O) groups excluding carboxylic acids is 3. The number of aromatic amines is 1. The molecule has 5 aromatic rings. The van der Waals surface area contributed by atoms with Crippen LogP contribution in [0.3, 0.4) is 0 Å². The van der Waals surface area contributed by atoms with Gasteiger partial charge in [0, 0.05) is 38.8 Å². The number of thioether (sulfide) groups is 1. The monoisotopic (exact) mass is 537 g/mol. The third-order valence-electron chi connectivity index (χ3n) is 5.71. The Hall–Kier alpha value is -4.40. The Morgan fingerprint density at radius 1 is 0.895 bits per heavy atom. The zero-order valence-electron chi connectivity index (χ0n) is 20.1. The summed E-state index contributed by atoms with van der Waals surface area (Å²) in [6.07, 6.45) is 3.46. The molecule has 8 heteroatoms. The summed E-state index contributed by atoms with van der Waals surface area (Å²) in [5, 5.41) is 8.47. The van der Waals surface area contributed by atoms with Crippen LogP contribution in [0.5, 0.6) is 0 Å². The van der Waals surface area contributed by atoms with Gasteiger partial charge in [-0.2, -0.15) is 0 Å². The van der Waals surface area contributed by atoms with Crippen LogP contribution in [0.1, 0.15) is 25.6 Å². The molecule has 38 heavy (non-hydrogen) atoms. The van der Waals surface area contributed by atoms with E-state index in [9.17, 15) is 14.4 Å². The molecule has 0 radical (unpaired) electrons. The van der Waals surface area contributed by atoms with Crippen molar-refractivity contribution in [3.8, 4) is 0 Å². The molecule has 2 amide bonds. The molecule has 0 spiro atoms. The summed E-state index contributed by atoms with van der Waals surface area (Å²) in [4.78, 5) is 43.5. The number of amides is 2. The van der Waals surface area contributed by atoms with Gasteiger partial charge in [0.1, 0.15) is 5.70 Å². The fraction of sp³-hybridized carbons (Fsp3) is 0.0333.